The highest BCUT2D eigenvalue weighted by atomic mass is 16.5. The fourth-order valence-electron chi connectivity index (χ4n) is 4.84. The predicted octanol–water partition coefficient (Wildman–Crippen LogP) is 3.21. The fourth-order valence-corrected chi connectivity index (χ4v) is 4.84. The largest absolute Gasteiger partial charge is 0.493 e. The molecule has 4 heterocycles. The molecule has 0 bridgehead atoms. The van der Waals surface area contributed by atoms with E-state index in [2.05, 4.69) is 27.9 Å². The van der Waals surface area contributed by atoms with Crippen molar-refractivity contribution >= 4 is 27.6 Å². The maximum Gasteiger partial charge on any atom is 0.191 e. The van der Waals surface area contributed by atoms with Crippen molar-refractivity contribution in [1.82, 2.24) is 14.5 Å². The highest BCUT2D eigenvalue weighted by molar-refractivity contribution is 5.91. The first-order chi connectivity index (χ1) is 16.5. The van der Waals surface area contributed by atoms with Crippen LogP contribution < -0.4 is 20.8 Å². The van der Waals surface area contributed by atoms with E-state index < -0.39 is 0 Å². The summed E-state index contributed by atoms with van der Waals surface area (Å²) in [5, 5.41) is 0.685. The van der Waals surface area contributed by atoms with E-state index in [1.54, 1.807) is 12.4 Å². The van der Waals surface area contributed by atoms with Crippen LogP contribution in [-0.2, 0) is 4.74 Å². The van der Waals surface area contributed by atoms with Gasteiger partial charge in [-0.2, -0.15) is 0 Å². The number of hydrogen-bond acceptors (Lipinski definition) is 6. The summed E-state index contributed by atoms with van der Waals surface area (Å²) in [4.78, 5) is 23.5. The molecular formula is C26H29N5O3. The Morgan fingerprint density at radius 1 is 1.21 bits per heavy atom. The molecule has 2 aromatic heterocycles. The molecule has 0 unspecified atom stereocenters. The number of hydrogen-bond donors (Lipinski definition) is 2. The number of anilines is 1. The Hall–Kier alpha value is -3.36. The number of nitrogens with one attached hydrogen (secondary N) is 1. The summed E-state index contributed by atoms with van der Waals surface area (Å²) >= 11 is 0. The maximum atomic E-state index is 13.1. The number of pyridine rings is 1. The van der Waals surface area contributed by atoms with Crippen LogP contribution in [0.4, 0.5) is 5.69 Å². The van der Waals surface area contributed by atoms with E-state index in [9.17, 15) is 4.79 Å². The van der Waals surface area contributed by atoms with Crippen LogP contribution in [0.2, 0.25) is 0 Å². The first-order valence-corrected chi connectivity index (χ1v) is 11.8. The van der Waals surface area contributed by atoms with E-state index in [1.807, 2.05) is 34.9 Å². The van der Waals surface area contributed by atoms with E-state index >= 15 is 0 Å². The number of nitrogens with two attached hydrogens (primary N) is 1. The van der Waals surface area contributed by atoms with Crippen LogP contribution in [-0.4, -0.2) is 53.5 Å². The third kappa shape index (κ3) is 3.73. The van der Waals surface area contributed by atoms with Gasteiger partial charge in [-0.3, -0.25) is 9.36 Å². The zero-order valence-electron chi connectivity index (χ0n) is 19.3. The van der Waals surface area contributed by atoms with E-state index in [4.69, 9.17) is 15.2 Å². The van der Waals surface area contributed by atoms with Gasteiger partial charge in [0.2, 0.25) is 0 Å². The molecule has 8 heteroatoms. The minimum Gasteiger partial charge on any atom is -0.493 e. The molecule has 2 aliphatic heterocycles. The topological polar surface area (TPSA) is 98.4 Å². The second-order valence-electron chi connectivity index (χ2n) is 9.90. The van der Waals surface area contributed by atoms with Gasteiger partial charge in [-0.25, -0.2) is 4.98 Å². The summed E-state index contributed by atoms with van der Waals surface area (Å²) < 4.78 is 13.2. The van der Waals surface area contributed by atoms with Crippen LogP contribution >= 0.6 is 0 Å². The first-order valence-electron chi connectivity index (χ1n) is 11.8. The Morgan fingerprint density at radius 2 is 2.03 bits per heavy atom. The van der Waals surface area contributed by atoms with E-state index in [0.29, 0.717) is 17.8 Å². The highest BCUT2D eigenvalue weighted by Crippen LogP contribution is 2.30. The van der Waals surface area contributed by atoms with Crippen molar-refractivity contribution in [1.29, 1.82) is 0 Å². The zero-order chi connectivity index (χ0) is 23.3. The van der Waals surface area contributed by atoms with Crippen molar-refractivity contribution in [3.63, 3.8) is 0 Å². The maximum absolute atomic E-state index is 13.1. The molecule has 2 aliphatic rings. The lowest BCUT2D eigenvalue weighted by molar-refractivity contribution is -0.120. The van der Waals surface area contributed by atoms with Gasteiger partial charge < -0.3 is 25.1 Å². The van der Waals surface area contributed by atoms with Crippen molar-refractivity contribution < 1.29 is 9.47 Å². The second kappa shape index (κ2) is 8.14. The first kappa shape index (κ1) is 21.2. The molecule has 0 spiro atoms. The molecule has 6 rings (SSSR count). The van der Waals surface area contributed by atoms with Crippen LogP contribution in [0.3, 0.4) is 0 Å². The van der Waals surface area contributed by atoms with Gasteiger partial charge in [0.05, 0.1) is 42.1 Å². The number of rotatable bonds is 5. The molecule has 2 fully saturated rings. The summed E-state index contributed by atoms with van der Waals surface area (Å²) in [6, 6.07) is 13.7. The molecule has 176 valence electrons. The molecule has 0 amide bonds. The fraction of sp³-hybridized carbons (Fsp3) is 0.385. The molecule has 0 radical (unpaired) electrons. The van der Waals surface area contributed by atoms with E-state index in [1.165, 1.54) is 0 Å². The second-order valence-corrected chi connectivity index (χ2v) is 9.90. The number of fused-ring (bicyclic) bond motifs is 2. The average Bonchev–Trinajstić information content (AvgIpc) is 3.25. The minimum atomic E-state index is -0.0166. The van der Waals surface area contributed by atoms with E-state index in [0.717, 1.165) is 67.1 Å². The molecule has 34 heavy (non-hydrogen) atoms. The summed E-state index contributed by atoms with van der Waals surface area (Å²) in [6.07, 6.45) is 3.64. The smallest absolute Gasteiger partial charge is 0.191 e. The van der Waals surface area contributed by atoms with Gasteiger partial charge in [-0.15, -0.1) is 0 Å². The number of nitrogens with zero attached hydrogens (tertiary/aromatic N) is 3. The number of aromatic nitrogens is 3. The normalized spacial score (nSPS) is 18.4. The molecule has 8 nitrogen and oxygen atoms in total. The Kier molecular flexibility index (Phi) is 5.08. The molecule has 0 aliphatic carbocycles. The zero-order valence-corrected chi connectivity index (χ0v) is 19.3. The Balaban J connectivity index is 1.36. The summed E-state index contributed by atoms with van der Waals surface area (Å²) in [6.45, 7) is 5.99. The van der Waals surface area contributed by atoms with Gasteiger partial charge in [0, 0.05) is 42.1 Å². The summed E-state index contributed by atoms with van der Waals surface area (Å²) in [5.41, 5.74) is 9.77. The van der Waals surface area contributed by atoms with Crippen molar-refractivity contribution in [2.45, 2.75) is 25.8 Å². The quantitative estimate of drug-likeness (QED) is 0.476. The van der Waals surface area contributed by atoms with Crippen molar-refractivity contribution in [2.24, 2.45) is 11.1 Å². The third-order valence-corrected chi connectivity index (χ3v) is 6.98. The van der Waals surface area contributed by atoms with Gasteiger partial charge >= 0.3 is 0 Å². The van der Waals surface area contributed by atoms with Gasteiger partial charge in [0.15, 0.2) is 5.43 Å². The van der Waals surface area contributed by atoms with Crippen LogP contribution in [0, 0.1) is 5.41 Å². The number of para-hydroxylation sites is 1. The van der Waals surface area contributed by atoms with Crippen LogP contribution in [0.15, 0.2) is 53.6 Å². The molecule has 2 aromatic carbocycles. The third-order valence-electron chi connectivity index (χ3n) is 6.98. The molecule has 3 N–H and O–H groups in total. The van der Waals surface area contributed by atoms with E-state index in [-0.39, 0.29) is 16.9 Å². The number of imidazole rings is 1. The summed E-state index contributed by atoms with van der Waals surface area (Å²) in [7, 11) is 0. The van der Waals surface area contributed by atoms with Gasteiger partial charge in [0.1, 0.15) is 17.9 Å². The molecular weight excluding hydrogens is 430 g/mol. The SMILES string of the molecule is CC1(COc2ccc3c(c2)ncn3-c2cc(=O)c3cccc(N4CCC(N)CC4)c3[nH]2)COC1. The lowest BCUT2D eigenvalue weighted by Gasteiger charge is -2.37. The Morgan fingerprint density at radius 3 is 2.79 bits per heavy atom. The standard InChI is InChI=1S/C26H29N5O3/c1-26(13-33-14-26)15-34-18-5-6-21-20(11-18)28-16-31(21)24-12-23(32)19-3-2-4-22(25(19)29-24)30-9-7-17(27)8-10-30/h2-6,11-12,16-17H,7-10,13-15,27H2,1H3,(H,29,32). The highest BCUT2D eigenvalue weighted by Gasteiger charge is 2.34. The molecule has 4 aromatic rings. The number of ether oxygens (including phenoxy) is 2. The van der Waals surface area contributed by atoms with Crippen LogP contribution in [0.1, 0.15) is 19.8 Å². The number of H-pyrrole nitrogens is 1. The molecule has 2 saturated heterocycles. The minimum absolute atomic E-state index is 0.0166. The lowest BCUT2D eigenvalue weighted by atomic mass is 9.90. The predicted molar refractivity (Wildman–Crippen MR) is 133 cm³/mol. The van der Waals surface area contributed by atoms with Crippen molar-refractivity contribution in [3.8, 4) is 11.6 Å². The van der Waals surface area contributed by atoms with Crippen molar-refractivity contribution in [2.75, 3.05) is 37.8 Å². The number of aromatic amines is 1. The van der Waals surface area contributed by atoms with Gasteiger partial charge in [-0.1, -0.05) is 13.0 Å². The summed E-state index contributed by atoms with van der Waals surface area (Å²) in [5.74, 6) is 1.47. The Bertz CT molecular complexity index is 1410. The van der Waals surface area contributed by atoms with Gasteiger partial charge in [0.25, 0.3) is 0 Å². The molecule has 0 atom stereocenters. The van der Waals surface area contributed by atoms with Gasteiger partial charge in [-0.05, 0) is 37.1 Å². The number of benzene rings is 2. The Labute approximate surface area is 197 Å². The lowest BCUT2D eigenvalue weighted by Crippen LogP contribution is -2.44. The van der Waals surface area contributed by atoms with Crippen molar-refractivity contribution in [3.05, 3.63) is 59.0 Å². The van der Waals surface area contributed by atoms with Crippen LogP contribution in [0.5, 0.6) is 5.75 Å². The number of piperidine rings is 1. The average molecular weight is 460 g/mol. The monoisotopic (exact) mass is 459 g/mol. The van der Waals surface area contributed by atoms with Crippen LogP contribution in [0.25, 0.3) is 27.8 Å². The molecule has 0 saturated carbocycles.